The standard InChI is InChI=1S/C19H13ClF2N4S/c20-16-13(8-9-23-18(16)22)14-2-1-3-15-17(14)25-19(26-27-15)24-10-11-4-6-12(21)7-5-11/h1-9H,10H2,(H2,24,25,26). The fourth-order valence-corrected chi connectivity index (χ4v) is 3.62. The molecule has 0 spiro atoms. The number of anilines is 1. The molecule has 0 atom stereocenters. The van der Waals surface area contributed by atoms with Crippen molar-refractivity contribution in [1.29, 1.82) is 0 Å². The lowest BCUT2D eigenvalue weighted by molar-refractivity contribution is 0.585. The fraction of sp³-hybridized carbons (Fsp3) is 0.0526. The van der Waals surface area contributed by atoms with Crippen molar-refractivity contribution in [2.45, 2.75) is 11.4 Å². The predicted octanol–water partition coefficient (Wildman–Crippen LogP) is 5.26. The topological polar surface area (TPSA) is 49.3 Å². The van der Waals surface area contributed by atoms with E-state index < -0.39 is 5.95 Å². The van der Waals surface area contributed by atoms with Crippen LogP contribution in [0.4, 0.5) is 14.5 Å². The first-order valence-corrected chi connectivity index (χ1v) is 9.23. The van der Waals surface area contributed by atoms with Crippen LogP contribution in [0.3, 0.4) is 0 Å². The summed E-state index contributed by atoms with van der Waals surface area (Å²) in [5.74, 6) is -0.440. The Balaban J connectivity index is 1.64. The van der Waals surface area contributed by atoms with Crippen LogP contribution >= 0.6 is 23.5 Å². The second-order valence-electron chi connectivity index (χ2n) is 5.76. The molecule has 0 bridgehead atoms. The number of nitrogens with one attached hydrogen (secondary N) is 2. The number of nitrogens with zero attached hydrogens (tertiary/aromatic N) is 2. The summed E-state index contributed by atoms with van der Waals surface area (Å²) in [5.41, 5.74) is 2.97. The summed E-state index contributed by atoms with van der Waals surface area (Å²) in [7, 11) is 0. The van der Waals surface area contributed by atoms with E-state index in [4.69, 9.17) is 11.6 Å². The van der Waals surface area contributed by atoms with E-state index in [2.05, 4.69) is 20.0 Å². The normalized spacial score (nSPS) is 14.4. The molecule has 1 aromatic heterocycles. The third-order valence-corrected chi connectivity index (χ3v) is 5.21. The van der Waals surface area contributed by atoms with E-state index in [1.807, 2.05) is 18.2 Å². The highest BCUT2D eigenvalue weighted by atomic mass is 35.5. The van der Waals surface area contributed by atoms with Crippen molar-refractivity contribution in [1.82, 2.24) is 9.71 Å². The SMILES string of the molecule is Fc1ccc(CN=C2NSc3cccc(-c4ccnc(F)c4Cl)c3N2)cc1. The first-order chi connectivity index (χ1) is 13.1. The molecule has 4 nitrogen and oxygen atoms in total. The number of para-hydroxylation sites is 1. The maximum absolute atomic E-state index is 13.8. The van der Waals surface area contributed by atoms with Crippen molar-refractivity contribution in [2.75, 3.05) is 5.32 Å². The number of hydrogen-bond donors (Lipinski definition) is 2. The lowest BCUT2D eigenvalue weighted by Gasteiger charge is -2.23. The maximum atomic E-state index is 13.8. The average molecular weight is 403 g/mol. The Morgan fingerprint density at radius 2 is 1.85 bits per heavy atom. The Bertz CT molecular complexity index is 1020. The lowest BCUT2D eigenvalue weighted by Crippen LogP contribution is -2.29. The molecule has 0 fully saturated rings. The van der Waals surface area contributed by atoms with Gasteiger partial charge in [-0.3, -0.25) is 4.72 Å². The number of aliphatic imine (C=N–C) groups is 1. The number of rotatable bonds is 3. The molecule has 8 heteroatoms. The van der Waals surface area contributed by atoms with Crippen LogP contribution in [0.25, 0.3) is 11.1 Å². The third kappa shape index (κ3) is 3.74. The Morgan fingerprint density at radius 1 is 1.04 bits per heavy atom. The van der Waals surface area contributed by atoms with Gasteiger partial charge in [-0.1, -0.05) is 35.9 Å². The monoisotopic (exact) mass is 402 g/mol. The molecule has 2 heterocycles. The molecule has 0 unspecified atom stereocenters. The van der Waals surface area contributed by atoms with E-state index in [9.17, 15) is 8.78 Å². The largest absolute Gasteiger partial charge is 0.324 e. The van der Waals surface area contributed by atoms with Crippen LogP contribution in [-0.2, 0) is 6.54 Å². The van der Waals surface area contributed by atoms with Crippen molar-refractivity contribution < 1.29 is 8.78 Å². The Labute approximate surface area is 163 Å². The van der Waals surface area contributed by atoms with Gasteiger partial charge in [0.05, 0.1) is 17.1 Å². The fourth-order valence-electron chi connectivity index (χ4n) is 2.67. The lowest BCUT2D eigenvalue weighted by atomic mass is 10.0. The van der Waals surface area contributed by atoms with E-state index in [0.717, 1.165) is 21.7 Å². The van der Waals surface area contributed by atoms with E-state index in [-0.39, 0.29) is 10.8 Å². The first kappa shape index (κ1) is 17.8. The summed E-state index contributed by atoms with van der Waals surface area (Å²) >= 11 is 7.51. The molecule has 0 saturated carbocycles. The van der Waals surface area contributed by atoms with Gasteiger partial charge < -0.3 is 5.32 Å². The van der Waals surface area contributed by atoms with Crippen LogP contribution in [-0.4, -0.2) is 10.9 Å². The van der Waals surface area contributed by atoms with Gasteiger partial charge in [0, 0.05) is 17.3 Å². The third-order valence-electron chi connectivity index (χ3n) is 4.00. The predicted molar refractivity (Wildman–Crippen MR) is 105 cm³/mol. The van der Waals surface area contributed by atoms with Gasteiger partial charge in [0.1, 0.15) is 10.8 Å². The van der Waals surface area contributed by atoms with Crippen LogP contribution in [0.2, 0.25) is 5.02 Å². The molecule has 136 valence electrons. The molecule has 1 aliphatic heterocycles. The number of hydrogen-bond acceptors (Lipinski definition) is 3. The van der Waals surface area contributed by atoms with Gasteiger partial charge in [-0.25, -0.2) is 14.4 Å². The summed E-state index contributed by atoms with van der Waals surface area (Å²) in [6, 6.07) is 13.5. The van der Waals surface area contributed by atoms with Gasteiger partial charge >= 0.3 is 0 Å². The Hall–Kier alpha value is -2.64. The molecule has 1 aliphatic rings. The van der Waals surface area contributed by atoms with Crippen LogP contribution in [0.5, 0.6) is 0 Å². The molecule has 0 aliphatic carbocycles. The number of guanidine groups is 1. The second kappa shape index (κ2) is 7.54. The average Bonchev–Trinajstić information content (AvgIpc) is 2.69. The highest BCUT2D eigenvalue weighted by molar-refractivity contribution is 7.98. The first-order valence-electron chi connectivity index (χ1n) is 8.04. The number of fused-ring (bicyclic) bond motifs is 1. The number of pyridine rings is 1. The van der Waals surface area contributed by atoms with E-state index in [1.165, 1.54) is 30.3 Å². The minimum absolute atomic E-state index is 0.0268. The van der Waals surface area contributed by atoms with E-state index in [1.54, 1.807) is 18.2 Å². The van der Waals surface area contributed by atoms with Crippen LogP contribution in [0.15, 0.2) is 64.6 Å². The molecule has 3 aromatic rings. The van der Waals surface area contributed by atoms with E-state index >= 15 is 0 Å². The highest BCUT2D eigenvalue weighted by Gasteiger charge is 2.20. The summed E-state index contributed by atoms with van der Waals surface area (Å²) < 4.78 is 29.9. The molecule has 4 rings (SSSR count). The number of aromatic nitrogens is 1. The van der Waals surface area contributed by atoms with Gasteiger partial charge in [0.25, 0.3) is 0 Å². The van der Waals surface area contributed by atoms with Crippen molar-refractivity contribution in [2.24, 2.45) is 4.99 Å². The number of benzene rings is 2. The molecule has 27 heavy (non-hydrogen) atoms. The Kier molecular flexibility index (Phi) is 4.96. The van der Waals surface area contributed by atoms with Crippen molar-refractivity contribution in [3.63, 3.8) is 0 Å². The van der Waals surface area contributed by atoms with Crippen LogP contribution in [0, 0.1) is 11.8 Å². The van der Waals surface area contributed by atoms with Gasteiger partial charge in [0.15, 0.2) is 0 Å². The van der Waals surface area contributed by atoms with Crippen LogP contribution in [0.1, 0.15) is 5.56 Å². The van der Waals surface area contributed by atoms with E-state index in [0.29, 0.717) is 18.1 Å². The second-order valence-corrected chi connectivity index (χ2v) is 6.99. The zero-order chi connectivity index (χ0) is 18.8. The molecule has 2 N–H and O–H groups in total. The number of halogens is 3. The van der Waals surface area contributed by atoms with Crippen LogP contribution < -0.4 is 10.0 Å². The molecule has 0 saturated heterocycles. The van der Waals surface area contributed by atoms with Gasteiger partial charge in [-0.2, -0.15) is 4.39 Å². The Morgan fingerprint density at radius 3 is 2.67 bits per heavy atom. The zero-order valence-corrected chi connectivity index (χ0v) is 15.4. The molecule has 2 aromatic carbocycles. The minimum atomic E-state index is -0.710. The molecular weight excluding hydrogens is 390 g/mol. The van der Waals surface area contributed by atoms with Gasteiger partial charge in [-0.05, 0) is 41.8 Å². The van der Waals surface area contributed by atoms with Gasteiger partial charge in [0.2, 0.25) is 11.9 Å². The molecular formula is C19H13ClF2N4S. The van der Waals surface area contributed by atoms with Crippen molar-refractivity contribution >= 4 is 35.2 Å². The van der Waals surface area contributed by atoms with Crippen molar-refractivity contribution in [3.8, 4) is 11.1 Å². The quantitative estimate of drug-likeness (QED) is 0.463. The summed E-state index contributed by atoms with van der Waals surface area (Å²) in [5, 5.41) is 3.21. The van der Waals surface area contributed by atoms with Crippen molar-refractivity contribution in [3.05, 3.63) is 77.1 Å². The summed E-state index contributed by atoms with van der Waals surface area (Å²) in [4.78, 5) is 8.99. The minimum Gasteiger partial charge on any atom is -0.324 e. The summed E-state index contributed by atoms with van der Waals surface area (Å²) in [6.07, 6.45) is 1.38. The maximum Gasteiger partial charge on any atom is 0.232 e. The smallest absolute Gasteiger partial charge is 0.232 e. The zero-order valence-electron chi connectivity index (χ0n) is 13.8. The van der Waals surface area contributed by atoms with Gasteiger partial charge in [-0.15, -0.1) is 0 Å². The summed E-state index contributed by atoms with van der Waals surface area (Å²) in [6.45, 7) is 0.387. The molecule has 0 radical (unpaired) electrons. The molecule has 0 amide bonds. The highest BCUT2D eigenvalue weighted by Crippen LogP contribution is 2.40.